The summed E-state index contributed by atoms with van der Waals surface area (Å²) in [6, 6.07) is 8.78. The quantitative estimate of drug-likeness (QED) is 0.760. The monoisotopic (exact) mass is 254 g/mol. The standard InChI is InChI=1S/C17H22N2/c1-12-7-9-17(2)16-14(8-10-19(17)11-12)13-5-3-4-6-15(13)18-16/h3-6,12,18H,7-11H2,1-2H3/t12-,17-/m0/s1. The van der Waals surface area contributed by atoms with Gasteiger partial charge >= 0.3 is 0 Å². The molecule has 1 aromatic heterocycles. The minimum Gasteiger partial charge on any atom is -0.357 e. The lowest BCUT2D eigenvalue weighted by Crippen LogP contribution is -2.53. The highest BCUT2D eigenvalue weighted by atomic mass is 15.2. The Morgan fingerprint density at radius 3 is 3.05 bits per heavy atom. The number of para-hydroxylation sites is 1. The molecule has 2 aliphatic rings. The number of rotatable bonds is 0. The molecule has 0 amide bonds. The third-order valence-corrected chi connectivity index (χ3v) is 5.34. The van der Waals surface area contributed by atoms with Gasteiger partial charge in [-0.3, -0.25) is 4.90 Å². The van der Waals surface area contributed by atoms with Gasteiger partial charge in [0, 0.05) is 29.7 Å². The van der Waals surface area contributed by atoms with E-state index in [0.717, 1.165) is 5.92 Å². The lowest BCUT2D eigenvalue weighted by molar-refractivity contribution is 0.0224. The summed E-state index contributed by atoms with van der Waals surface area (Å²) >= 11 is 0. The summed E-state index contributed by atoms with van der Waals surface area (Å²) in [5.41, 5.74) is 4.61. The largest absolute Gasteiger partial charge is 0.357 e. The second-order valence-corrected chi connectivity index (χ2v) is 6.64. The lowest BCUT2D eigenvalue weighted by Gasteiger charge is -2.49. The molecular weight excluding hydrogens is 232 g/mol. The zero-order valence-corrected chi connectivity index (χ0v) is 11.9. The van der Waals surface area contributed by atoms with E-state index < -0.39 is 0 Å². The van der Waals surface area contributed by atoms with E-state index >= 15 is 0 Å². The summed E-state index contributed by atoms with van der Waals surface area (Å²) in [5, 5.41) is 1.44. The predicted octanol–water partition coefficient (Wildman–Crippen LogP) is 3.67. The van der Waals surface area contributed by atoms with Crippen LogP contribution in [0.2, 0.25) is 0 Å². The maximum Gasteiger partial charge on any atom is 0.0586 e. The second kappa shape index (κ2) is 3.86. The van der Waals surface area contributed by atoms with Gasteiger partial charge < -0.3 is 4.98 Å². The van der Waals surface area contributed by atoms with Crippen molar-refractivity contribution < 1.29 is 0 Å². The Hall–Kier alpha value is -1.28. The van der Waals surface area contributed by atoms with Crippen LogP contribution in [-0.2, 0) is 12.0 Å². The van der Waals surface area contributed by atoms with Gasteiger partial charge in [0.15, 0.2) is 0 Å². The Kier molecular flexibility index (Phi) is 2.34. The maximum atomic E-state index is 3.73. The number of hydrogen-bond donors (Lipinski definition) is 1. The number of hydrogen-bond acceptors (Lipinski definition) is 1. The summed E-state index contributed by atoms with van der Waals surface area (Å²) in [5.74, 6) is 0.846. The Bertz CT molecular complexity index is 627. The molecule has 19 heavy (non-hydrogen) atoms. The first-order valence-electron chi connectivity index (χ1n) is 7.53. The predicted molar refractivity (Wildman–Crippen MR) is 79.3 cm³/mol. The molecule has 2 aliphatic heterocycles. The van der Waals surface area contributed by atoms with Crippen molar-refractivity contribution in [1.82, 2.24) is 9.88 Å². The summed E-state index contributed by atoms with van der Waals surface area (Å²) < 4.78 is 0. The highest BCUT2D eigenvalue weighted by Crippen LogP contribution is 2.44. The first-order valence-corrected chi connectivity index (χ1v) is 7.53. The number of fused-ring (bicyclic) bond motifs is 5. The topological polar surface area (TPSA) is 19.0 Å². The third-order valence-electron chi connectivity index (χ3n) is 5.34. The van der Waals surface area contributed by atoms with Crippen molar-refractivity contribution in [1.29, 1.82) is 0 Å². The van der Waals surface area contributed by atoms with Crippen LogP contribution in [0.25, 0.3) is 10.9 Å². The Morgan fingerprint density at radius 1 is 1.32 bits per heavy atom. The minimum absolute atomic E-state index is 0.235. The number of H-pyrrole nitrogens is 1. The van der Waals surface area contributed by atoms with Crippen LogP contribution in [-0.4, -0.2) is 23.0 Å². The first-order chi connectivity index (χ1) is 9.18. The number of aromatic nitrogens is 1. The van der Waals surface area contributed by atoms with E-state index in [2.05, 4.69) is 48.0 Å². The van der Waals surface area contributed by atoms with Crippen LogP contribution in [0.1, 0.15) is 37.9 Å². The molecule has 2 nitrogen and oxygen atoms in total. The zero-order valence-electron chi connectivity index (χ0n) is 11.9. The van der Waals surface area contributed by atoms with Gasteiger partial charge in [0.25, 0.3) is 0 Å². The highest BCUT2D eigenvalue weighted by Gasteiger charge is 2.43. The second-order valence-electron chi connectivity index (χ2n) is 6.64. The van der Waals surface area contributed by atoms with Gasteiger partial charge in [-0.1, -0.05) is 25.1 Å². The van der Waals surface area contributed by atoms with Crippen LogP contribution in [0, 0.1) is 5.92 Å². The van der Waals surface area contributed by atoms with E-state index in [0.29, 0.717) is 0 Å². The molecule has 0 aliphatic carbocycles. The van der Waals surface area contributed by atoms with Gasteiger partial charge in [-0.15, -0.1) is 0 Å². The van der Waals surface area contributed by atoms with Crippen molar-refractivity contribution in [2.45, 2.75) is 38.6 Å². The Labute approximate surface area is 114 Å². The molecule has 0 spiro atoms. The van der Waals surface area contributed by atoms with Crippen LogP contribution >= 0.6 is 0 Å². The summed E-state index contributed by atoms with van der Waals surface area (Å²) in [4.78, 5) is 6.44. The van der Waals surface area contributed by atoms with Crippen molar-refractivity contribution in [3.63, 3.8) is 0 Å². The van der Waals surface area contributed by atoms with Crippen LogP contribution in [0.15, 0.2) is 24.3 Å². The number of piperidine rings is 1. The summed E-state index contributed by atoms with van der Waals surface area (Å²) in [6.45, 7) is 7.30. The fourth-order valence-corrected chi connectivity index (χ4v) is 4.14. The number of nitrogens with one attached hydrogen (secondary N) is 1. The lowest BCUT2D eigenvalue weighted by atomic mass is 9.77. The molecule has 100 valence electrons. The van der Waals surface area contributed by atoms with Gasteiger partial charge in [-0.25, -0.2) is 0 Å². The van der Waals surface area contributed by atoms with Crippen molar-refractivity contribution in [2.75, 3.05) is 13.1 Å². The molecule has 2 aromatic rings. The van der Waals surface area contributed by atoms with Gasteiger partial charge in [-0.2, -0.15) is 0 Å². The van der Waals surface area contributed by atoms with E-state index in [1.54, 1.807) is 5.56 Å². The molecule has 1 aromatic carbocycles. The smallest absolute Gasteiger partial charge is 0.0586 e. The number of benzene rings is 1. The molecule has 2 heteroatoms. The molecule has 1 N–H and O–H groups in total. The molecule has 0 unspecified atom stereocenters. The maximum absolute atomic E-state index is 3.73. The van der Waals surface area contributed by atoms with Gasteiger partial charge in [0.2, 0.25) is 0 Å². The summed E-state index contributed by atoms with van der Waals surface area (Å²) in [6.07, 6.45) is 3.83. The van der Waals surface area contributed by atoms with E-state index in [4.69, 9.17) is 0 Å². The fraction of sp³-hybridized carbons (Fsp3) is 0.529. The fourth-order valence-electron chi connectivity index (χ4n) is 4.14. The van der Waals surface area contributed by atoms with Crippen molar-refractivity contribution in [2.24, 2.45) is 5.92 Å². The van der Waals surface area contributed by atoms with Gasteiger partial charge in [0.1, 0.15) is 0 Å². The molecule has 2 atom stereocenters. The number of nitrogens with zero attached hydrogens (tertiary/aromatic N) is 1. The molecule has 0 bridgehead atoms. The highest BCUT2D eigenvalue weighted by molar-refractivity contribution is 5.85. The molecule has 1 fully saturated rings. The van der Waals surface area contributed by atoms with Crippen LogP contribution in [0.4, 0.5) is 0 Å². The Balaban J connectivity index is 1.90. The molecule has 3 heterocycles. The van der Waals surface area contributed by atoms with Crippen LogP contribution < -0.4 is 0 Å². The average Bonchev–Trinajstić information content (AvgIpc) is 2.80. The molecule has 4 rings (SSSR count). The van der Waals surface area contributed by atoms with Gasteiger partial charge in [-0.05, 0) is 43.7 Å². The Morgan fingerprint density at radius 2 is 2.16 bits per heavy atom. The van der Waals surface area contributed by atoms with E-state index in [9.17, 15) is 0 Å². The minimum atomic E-state index is 0.235. The van der Waals surface area contributed by atoms with E-state index in [1.807, 2.05) is 0 Å². The average molecular weight is 254 g/mol. The van der Waals surface area contributed by atoms with Crippen LogP contribution in [0.3, 0.4) is 0 Å². The molecule has 1 saturated heterocycles. The van der Waals surface area contributed by atoms with E-state index in [-0.39, 0.29) is 5.54 Å². The molecule has 0 radical (unpaired) electrons. The van der Waals surface area contributed by atoms with Crippen LogP contribution in [0.5, 0.6) is 0 Å². The van der Waals surface area contributed by atoms with Crippen molar-refractivity contribution in [3.05, 3.63) is 35.5 Å². The number of aromatic amines is 1. The zero-order chi connectivity index (χ0) is 13.0. The van der Waals surface area contributed by atoms with Crippen molar-refractivity contribution >= 4 is 10.9 Å². The van der Waals surface area contributed by atoms with Crippen molar-refractivity contribution in [3.8, 4) is 0 Å². The molecule has 0 saturated carbocycles. The molecular formula is C17H22N2. The van der Waals surface area contributed by atoms with Gasteiger partial charge in [0.05, 0.1) is 5.54 Å². The third kappa shape index (κ3) is 1.53. The first kappa shape index (κ1) is 11.5. The SMILES string of the molecule is C[C@H]1CC[C@@]2(C)c3[nH]c4ccccc4c3CCN2C1. The summed E-state index contributed by atoms with van der Waals surface area (Å²) in [7, 11) is 0. The van der Waals surface area contributed by atoms with E-state index in [1.165, 1.54) is 48.9 Å². The normalized spacial score (nSPS) is 31.2.